The van der Waals surface area contributed by atoms with Crippen molar-refractivity contribution in [1.82, 2.24) is 10.2 Å². The Kier molecular flexibility index (Phi) is 3.05. The quantitative estimate of drug-likeness (QED) is 0.832. The van der Waals surface area contributed by atoms with E-state index in [1.165, 1.54) is 11.3 Å². The minimum absolute atomic E-state index is 0.167. The lowest BCUT2D eigenvalue weighted by molar-refractivity contribution is -0.132. The fourth-order valence-corrected chi connectivity index (χ4v) is 2.54. The third-order valence-corrected chi connectivity index (χ3v) is 3.38. The second-order valence-corrected chi connectivity index (χ2v) is 5.00. The van der Waals surface area contributed by atoms with Crippen LogP contribution in [0.5, 0.6) is 0 Å². The number of rotatable bonds is 2. The molecule has 0 saturated carbocycles. The number of halogens is 1. The van der Waals surface area contributed by atoms with Crippen LogP contribution in [-0.2, 0) is 11.3 Å². The van der Waals surface area contributed by atoms with Crippen molar-refractivity contribution < 1.29 is 4.79 Å². The molecule has 1 N–H and O–H groups in total. The largest absolute Gasteiger partial charge is 0.335 e. The predicted molar refractivity (Wildman–Crippen MR) is 57.6 cm³/mol. The molecular formula is C9H11ClN2OS. The summed E-state index contributed by atoms with van der Waals surface area (Å²) in [6.45, 7) is 2.82. The van der Waals surface area contributed by atoms with Crippen LogP contribution in [0.1, 0.15) is 4.88 Å². The van der Waals surface area contributed by atoms with Gasteiger partial charge in [-0.25, -0.2) is 0 Å². The summed E-state index contributed by atoms with van der Waals surface area (Å²) in [6.07, 6.45) is 0. The molecule has 1 aromatic heterocycles. The lowest BCUT2D eigenvalue weighted by Gasteiger charge is -2.26. The zero-order chi connectivity index (χ0) is 9.97. The van der Waals surface area contributed by atoms with Gasteiger partial charge in [0.25, 0.3) is 0 Å². The highest BCUT2D eigenvalue weighted by atomic mass is 35.5. The maximum Gasteiger partial charge on any atom is 0.236 e. The van der Waals surface area contributed by atoms with Gasteiger partial charge in [0.1, 0.15) is 0 Å². The fourth-order valence-electron chi connectivity index (χ4n) is 1.44. The first kappa shape index (κ1) is 9.96. The monoisotopic (exact) mass is 230 g/mol. The molecule has 0 atom stereocenters. The van der Waals surface area contributed by atoms with Crippen molar-refractivity contribution in [3.05, 3.63) is 21.3 Å². The van der Waals surface area contributed by atoms with E-state index >= 15 is 0 Å². The standard InChI is InChI=1S/C9H11ClN2OS/c10-8-2-1-7(14-8)6-12-4-3-11-5-9(12)13/h1-2,11H,3-6H2. The zero-order valence-corrected chi connectivity index (χ0v) is 9.20. The average molecular weight is 231 g/mol. The number of hydrogen-bond donors (Lipinski definition) is 1. The zero-order valence-electron chi connectivity index (χ0n) is 7.62. The third kappa shape index (κ3) is 2.26. The predicted octanol–water partition coefficient (Wildman–Crippen LogP) is 1.33. The molecule has 5 heteroatoms. The summed E-state index contributed by atoms with van der Waals surface area (Å²) in [4.78, 5) is 14.4. The van der Waals surface area contributed by atoms with Crippen molar-refractivity contribution in [2.45, 2.75) is 6.54 Å². The van der Waals surface area contributed by atoms with E-state index in [1.54, 1.807) is 0 Å². The molecule has 0 aromatic carbocycles. The first-order valence-electron chi connectivity index (χ1n) is 4.48. The minimum atomic E-state index is 0.167. The maximum atomic E-state index is 11.4. The van der Waals surface area contributed by atoms with E-state index in [0.717, 1.165) is 22.3 Å². The molecular weight excluding hydrogens is 220 g/mol. The van der Waals surface area contributed by atoms with Gasteiger partial charge in [-0.05, 0) is 12.1 Å². The summed E-state index contributed by atoms with van der Waals surface area (Å²) in [5.74, 6) is 0.167. The summed E-state index contributed by atoms with van der Waals surface area (Å²) in [7, 11) is 0. The lowest BCUT2D eigenvalue weighted by atomic mass is 10.3. The average Bonchev–Trinajstić information content (AvgIpc) is 2.56. The van der Waals surface area contributed by atoms with Crippen molar-refractivity contribution in [2.75, 3.05) is 19.6 Å². The van der Waals surface area contributed by atoms with Gasteiger partial charge in [-0.3, -0.25) is 4.79 Å². The molecule has 1 aromatic rings. The molecule has 76 valence electrons. The molecule has 14 heavy (non-hydrogen) atoms. The van der Waals surface area contributed by atoms with Gasteiger partial charge in [-0.15, -0.1) is 11.3 Å². The molecule has 1 aliphatic heterocycles. The number of nitrogens with one attached hydrogen (secondary N) is 1. The number of amides is 1. The molecule has 0 radical (unpaired) electrons. The van der Waals surface area contributed by atoms with Gasteiger partial charge in [0.15, 0.2) is 0 Å². The van der Waals surface area contributed by atoms with Gasteiger partial charge in [-0.2, -0.15) is 0 Å². The molecule has 1 fully saturated rings. The van der Waals surface area contributed by atoms with E-state index in [2.05, 4.69) is 5.32 Å². The van der Waals surface area contributed by atoms with Crippen molar-refractivity contribution in [3.63, 3.8) is 0 Å². The summed E-state index contributed by atoms with van der Waals surface area (Å²) >= 11 is 7.35. The lowest BCUT2D eigenvalue weighted by Crippen LogP contribution is -2.47. The van der Waals surface area contributed by atoms with Crippen LogP contribution in [0.3, 0.4) is 0 Å². The molecule has 0 spiro atoms. The summed E-state index contributed by atoms with van der Waals surface area (Å²) in [5.41, 5.74) is 0. The highest BCUT2D eigenvalue weighted by Crippen LogP contribution is 2.22. The molecule has 1 amide bonds. The first-order chi connectivity index (χ1) is 6.75. The van der Waals surface area contributed by atoms with Crippen LogP contribution in [0, 0.1) is 0 Å². The van der Waals surface area contributed by atoms with Gasteiger partial charge < -0.3 is 10.2 Å². The van der Waals surface area contributed by atoms with Crippen molar-refractivity contribution in [1.29, 1.82) is 0 Å². The van der Waals surface area contributed by atoms with Crippen LogP contribution in [0.2, 0.25) is 4.34 Å². The number of thiophene rings is 1. The van der Waals surface area contributed by atoms with Crippen LogP contribution >= 0.6 is 22.9 Å². The second-order valence-electron chi connectivity index (χ2n) is 3.20. The fraction of sp³-hybridized carbons (Fsp3) is 0.444. The molecule has 1 aliphatic rings. The van der Waals surface area contributed by atoms with Gasteiger partial charge in [-0.1, -0.05) is 11.6 Å². The molecule has 1 saturated heterocycles. The molecule has 3 nitrogen and oxygen atoms in total. The van der Waals surface area contributed by atoms with Gasteiger partial charge in [0.2, 0.25) is 5.91 Å². The molecule has 0 aliphatic carbocycles. The number of hydrogen-bond acceptors (Lipinski definition) is 3. The smallest absolute Gasteiger partial charge is 0.236 e. The summed E-state index contributed by atoms with van der Waals surface area (Å²) in [5, 5.41) is 3.04. The molecule has 2 rings (SSSR count). The summed E-state index contributed by atoms with van der Waals surface area (Å²) < 4.78 is 0.780. The van der Waals surface area contributed by atoms with Crippen LogP contribution in [0.25, 0.3) is 0 Å². The molecule has 0 unspecified atom stereocenters. The third-order valence-electron chi connectivity index (χ3n) is 2.16. The Morgan fingerprint density at radius 1 is 1.57 bits per heavy atom. The van der Waals surface area contributed by atoms with Crippen molar-refractivity contribution in [2.24, 2.45) is 0 Å². The highest BCUT2D eigenvalue weighted by Gasteiger charge is 2.17. The van der Waals surface area contributed by atoms with Gasteiger partial charge in [0, 0.05) is 18.0 Å². The number of nitrogens with zero attached hydrogens (tertiary/aromatic N) is 1. The van der Waals surface area contributed by atoms with Crippen LogP contribution in [-0.4, -0.2) is 30.4 Å². The number of carbonyl (C=O) groups is 1. The molecule has 2 heterocycles. The van der Waals surface area contributed by atoms with Crippen LogP contribution in [0.4, 0.5) is 0 Å². The van der Waals surface area contributed by atoms with E-state index in [4.69, 9.17) is 11.6 Å². The normalized spacial score (nSPS) is 17.5. The van der Waals surface area contributed by atoms with E-state index < -0.39 is 0 Å². The number of carbonyl (C=O) groups excluding carboxylic acids is 1. The van der Waals surface area contributed by atoms with Crippen molar-refractivity contribution >= 4 is 28.8 Å². The maximum absolute atomic E-state index is 11.4. The van der Waals surface area contributed by atoms with E-state index in [9.17, 15) is 4.79 Å². The van der Waals surface area contributed by atoms with E-state index in [1.807, 2.05) is 17.0 Å². The minimum Gasteiger partial charge on any atom is -0.335 e. The van der Waals surface area contributed by atoms with Gasteiger partial charge >= 0.3 is 0 Å². The Morgan fingerprint density at radius 2 is 2.43 bits per heavy atom. The van der Waals surface area contributed by atoms with Gasteiger partial charge in [0.05, 0.1) is 17.4 Å². The SMILES string of the molecule is O=C1CNCCN1Cc1ccc(Cl)s1. The number of piperazine rings is 1. The highest BCUT2D eigenvalue weighted by molar-refractivity contribution is 7.16. The van der Waals surface area contributed by atoms with E-state index in [-0.39, 0.29) is 5.91 Å². The molecule has 0 bridgehead atoms. The van der Waals surface area contributed by atoms with Crippen molar-refractivity contribution in [3.8, 4) is 0 Å². The topological polar surface area (TPSA) is 32.3 Å². The Labute approximate surface area is 91.7 Å². The Morgan fingerprint density at radius 3 is 3.07 bits per heavy atom. The van der Waals surface area contributed by atoms with Crippen LogP contribution in [0.15, 0.2) is 12.1 Å². The Hall–Kier alpha value is -0.580. The van der Waals surface area contributed by atoms with E-state index in [0.29, 0.717) is 13.1 Å². The van der Waals surface area contributed by atoms with Crippen LogP contribution < -0.4 is 5.32 Å². The second kappa shape index (κ2) is 4.29. The Balaban J connectivity index is 1.99. The summed E-state index contributed by atoms with van der Waals surface area (Å²) in [6, 6.07) is 3.84. The Bertz CT molecular complexity index is 339. The first-order valence-corrected chi connectivity index (χ1v) is 5.68.